The van der Waals surface area contributed by atoms with Gasteiger partial charge in [0, 0.05) is 25.2 Å². The average Bonchev–Trinajstić information content (AvgIpc) is 3.20. The quantitative estimate of drug-likeness (QED) is 0.362. The SMILES string of the molecule is Cc1c(/C=N\Nc2nnc3c4ccccc4n(C)c3n2)c(=O)n(-c2ccccc2)n1C. The van der Waals surface area contributed by atoms with E-state index in [2.05, 4.69) is 25.7 Å². The molecule has 0 saturated heterocycles. The van der Waals surface area contributed by atoms with Gasteiger partial charge < -0.3 is 4.57 Å². The van der Waals surface area contributed by atoms with Gasteiger partial charge in [0.25, 0.3) is 11.5 Å². The van der Waals surface area contributed by atoms with Crippen molar-refractivity contribution < 1.29 is 0 Å². The molecule has 0 saturated carbocycles. The Balaban J connectivity index is 1.47. The van der Waals surface area contributed by atoms with Gasteiger partial charge in [-0.2, -0.15) is 10.1 Å². The number of nitrogens with zero attached hydrogens (tertiary/aromatic N) is 7. The number of hydrogen-bond donors (Lipinski definition) is 1. The number of fused-ring (bicyclic) bond motifs is 3. The molecule has 5 rings (SSSR count). The molecule has 2 aromatic carbocycles. The topological polar surface area (TPSA) is 94.9 Å². The van der Waals surface area contributed by atoms with Gasteiger partial charge in [-0.25, -0.2) is 10.1 Å². The first-order valence-electron chi connectivity index (χ1n) is 9.77. The number of aryl methyl sites for hydroxylation is 1. The van der Waals surface area contributed by atoms with E-state index in [9.17, 15) is 4.79 Å². The Hall–Kier alpha value is -4.27. The molecule has 0 aliphatic rings. The van der Waals surface area contributed by atoms with E-state index in [1.807, 2.05) is 80.2 Å². The summed E-state index contributed by atoms with van der Waals surface area (Å²) >= 11 is 0. The molecule has 9 nitrogen and oxygen atoms in total. The van der Waals surface area contributed by atoms with Crippen molar-refractivity contribution in [1.29, 1.82) is 0 Å². The molecule has 0 aliphatic heterocycles. The third-order valence-electron chi connectivity index (χ3n) is 5.46. The van der Waals surface area contributed by atoms with Gasteiger partial charge >= 0.3 is 0 Å². The summed E-state index contributed by atoms with van der Waals surface area (Å²) in [6.45, 7) is 1.88. The lowest BCUT2D eigenvalue weighted by molar-refractivity contribution is 0.630. The zero-order chi connectivity index (χ0) is 21.5. The Bertz CT molecular complexity index is 1510. The summed E-state index contributed by atoms with van der Waals surface area (Å²) in [5.74, 6) is 0.256. The number of rotatable bonds is 4. The zero-order valence-corrected chi connectivity index (χ0v) is 17.3. The smallest absolute Gasteiger partial charge is 0.280 e. The molecule has 154 valence electrons. The highest BCUT2D eigenvalue weighted by Crippen LogP contribution is 2.24. The van der Waals surface area contributed by atoms with Gasteiger partial charge in [-0.3, -0.25) is 9.48 Å². The molecule has 0 atom stereocenters. The summed E-state index contributed by atoms with van der Waals surface area (Å²) in [4.78, 5) is 17.5. The lowest BCUT2D eigenvalue weighted by Crippen LogP contribution is -2.20. The van der Waals surface area contributed by atoms with E-state index < -0.39 is 0 Å². The van der Waals surface area contributed by atoms with Crippen LogP contribution in [0.15, 0.2) is 64.5 Å². The monoisotopic (exact) mass is 412 g/mol. The Morgan fingerprint density at radius 2 is 1.74 bits per heavy atom. The summed E-state index contributed by atoms with van der Waals surface area (Å²) in [6.07, 6.45) is 1.49. The molecule has 3 aromatic heterocycles. The predicted molar refractivity (Wildman–Crippen MR) is 121 cm³/mol. The first-order chi connectivity index (χ1) is 15.1. The lowest BCUT2D eigenvalue weighted by atomic mass is 10.2. The van der Waals surface area contributed by atoms with Crippen molar-refractivity contribution in [3.63, 3.8) is 0 Å². The van der Waals surface area contributed by atoms with Crippen molar-refractivity contribution in [3.05, 3.63) is 76.2 Å². The minimum absolute atomic E-state index is 0.153. The van der Waals surface area contributed by atoms with E-state index in [-0.39, 0.29) is 11.5 Å². The number of hydrogen-bond acceptors (Lipinski definition) is 6. The minimum atomic E-state index is -0.153. The van der Waals surface area contributed by atoms with Crippen LogP contribution in [-0.2, 0) is 14.1 Å². The van der Waals surface area contributed by atoms with Gasteiger partial charge in [-0.15, -0.1) is 10.2 Å². The second-order valence-corrected chi connectivity index (χ2v) is 7.23. The van der Waals surface area contributed by atoms with E-state index in [1.165, 1.54) is 6.21 Å². The molecular formula is C22H20N8O. The molecule has 0 spiro atoms. The molecule has 0 amide bonds. The summed E-state index contributed by atoms with van der Waals surface area (Å²) < 4.78 is 5.38. The van der Waals surface area contributed by atoms with Crippen LogP contribution < -0.4 is 11.0 Å². The maximum atomic E-state index is 12.9. The molecular weight excluding hydrogens is 392 g/mol. The van der Waals surface area contributed by atoms with Crippen molar-refractivity contribution >= 4 is 34.2 Å². The van der Waals surface area contributed by atoms with Crippen molar-refractivity contribution in [2.24, 2.45) is 19.2 Å². The zero-order valence-electron chi connectivity index (χ0n) is 17.3. The van der Waals surface area contributed by atoms with Gasteiger partial charge in [0.2, 0.25) is 0 Å². The highest BCUT2D eigenvalue weighted by Gasteiger charge is 2.15. The first-order valence-corrected chi connectivity index (χ1v) is 9.77. The fourth-order valence-corrected chi connectivity index (χ4v) is 3.75. The first kappa shape index (κ1) is 18.7. The largest absolute Gasteiger partial charge is 0.327 e. The van der Waals surface area contributed by atoms with Crippen LogP contribution in [0.4, 0.5) is 5.95 Å². The Kier molecular flexibility index (Phi) is 4.36. The van der Waals surface area contributed by atoms with E-state index in [0.717, 1.165) is 27.8 Å². The minimum Gasteiger partial charge on any atom is -0.327 e. The number of benzene rings is 2. The number of aromatic nitrogens is 6. The van der Waals surface area contributed by atoms with Gasteiger partial charge in [-0.05, 0) is 25.1 Å². The summed E-state index contributed by atoms with van der Waals surface area (Å²) in [6, 6.07) is 17.4. The van der Waals surface area contributed by atoms with E-state index in [4.69, 9.17) is 0 Å². The van der Waals surface area contributed by atoms with E-state index in [0.29, 0.717) is 11.2 Å². The molecule has 0 aliphatic carbocycles. The maximum absolute atomic E-state index is 12.9. The fourth-order valence-electron chi connectivity index (χ4n) is 3.75. The van der Waals surface area contributed by atoms with Gasteiger partial charge in [0.15, 0.2) is 5.65 Å². The van der Waals surface area contributed by atoms with Crippen LogP contribution in [0.25, 0.3) is 27.8 Å². The van der Waals surface area contributed by atoms with Crippen LogP contribution in [-0.4, -0.2) is 35.3 Å². The van der Waals surface area contributed by atoms with Crippen LogP contribution >= 0.6 is 0 Å². The van der Waals surface area contributed by atoms with Crippen LogP contribution in [0.1, 0.15) is 11.3 Å². The van der Waals surface area contributed by atoms with Crippen molar-refractivity contribution in [3.8, 4) is 5.69 Å². The van der Waals surface area contributed by atoms with Gasteiger partial charge in [0.05, 0.1) is 23.0 Å². The average molecular weight is 412 g/mol. The fraction of sp³-hybridized carbons (Fsp3) is 0.136. The van der Waals surface area contributed by atoms with Crippen molar-refractivity contribution in [2.75, 3.05) is 5.43 Å². The second-order valence-electron chi connectivity index (χ2n) is 7.23. The third kappa shape index (κ3) is 2.98. The van der Waals surface area contributed by atoms with E-state index in [1.54, 1.807) is 9.36 Å². The summed E-state index contributed by atoms with van der Waals surface area (Å²) in [5.41, 5.74) is 7.18. The summed E-state index contributed by atoms with van der Waals surface area (Å²) in [5, 5.41) is 13.6. The maximum Gasteiger partial charge on any atom is 0.280 e. The second kappa shape index (κ2) is 7.21. The van der Waals surface area contributed by atoms with Gasteiger partial charge in [0.1, 0.15) is 5.52 Å². The molecule has 31 heavy (non-hydrogen) atoms. The Morgan fingerprint density at radius 3 is 2.55 bits per heavy atom. The lowest BCUT2D eigenvalue weighted by Gasteiger charge is -2.07. The summed E-state index contributed by atoms with van der Waals surface area (Å²) in [7, 11) is 3.78. The van der Waals surface area contributed by atoms with Crippen LogP contribution in [0.2, 0.25) is 0 Å². The third-order valence-corrected chi connectivity index (χ3v) is 5.46. The van der Waals surface area contributed by atoms with E-state index >= 15 is 0 Å². The molecule has 1 N–H and O–H groups in total. The molecule has 0 unspecified atom stereocenters. The predicted octanol–water partition coefficient (Wildman–Crippen LogP) is 2.76. The highest BCUT2D eigenvalue weighted by atomic mass is 16.1. The van der Waals surface area contributed by atoms with Crippen LogP contribution in [0.3, 0.4) is 0 Å². The number of para-hydroxylation sites is 2. The molecule has 3 heterocycles. The number of anilines is 1. The Labute approximate surface area is 177 Å². The Morgan fingerprint density at radius 1 is 1.00 bits per heavy atom. The molecule has 9 heteroatoms. The standard InChI is InChI=1S/C22H20N8O/c1-14-17(21(31)30(29(14)3)15-9-5-4-6-10-15)13-23-26-22-24-20-19(25-27-22)16-11-7-8-12-18(16)28(20)2/h4-13H,1-3H3,(H,24,26,27)/b23-13-. The van der Waals surface area contributed by atoms with Crippen LogP contribution in [0.5, 0.6) is 0 Å². The molecule has 0 radical (unpaired) electrons. The molecule has 0 fully saturated rings. The molecule has 5 aromatic rings. The van der Waals surface area contributed by atoms with Crippen molar-refractivity contribution in [1.82, 2.24) is 29.1 Å². The number of nitrogens with one attached hydrogen (secondary N) is 1. The highest BCUT2D eigenvalue weighted by molar-refractivity contribution is 6.04. The molecule has 0 bridgehead atoms. The van der Waals surface area contributed by atoms with Crippen LogP contribution in [0, 0.1) is 6.92 Å². The normalized spacial score (nSPS) is 11.7. The number of hydrazone groups is 1. The van der Waals surface area contributed by atoms with Gasteiger partial charge in [-0.1, -0.05) is 36.4 Å². The van der Waals surface area contributed by atoms with Crippen molar-refractivity contribution in [2.45, 2.75) is 6.92 Å².